The summed E-state index contributed by atoms with van der Waals surface area (Å²) in [5.41, 5.74) is 11.6. The number of carbonyl (C=O) groups is 2. The Morgan fingerprint density at radius 3 is 2.33 bits per heavy atom. The van der Waals surface area contributed by atoms with Gasteiger partial charge in [0, 0.05) is 40.9 Å². The molecule has 0 aliphatic carbocycles. The van der Waals surface area contributed by atoms with Gasteiger partial charge in [0.25, 0.3) is 0 Å². The first-order valence-corrected chi connectivity index (χ1v) is 15.9. The predicted molar refractivity (Wildman–Crippen MR) is 157 cm³/mol. The molecule has 7 rings (SSSR count). The number of fused-ring (bicyclic) bond motifs is 3. The Labute approximate surface area is 243 Å². The maximum atomic E-state index is 13.4. The molecule has 3 unspecified atom stereocenters. The van der Waals surface area contributed by atoms with Crippen LogP contribution >= 0.6 is 0 Å². The number of nitrogen functional groups attached to an aromatic ring is 1. The fourth-order valence-corrected chi connectivity index (χ4v) is 8.26. The van der Waals surface area contributed by atoms with Crippen molar-refractivity contribution in [2.45, 2.75) is 63.1 Å². The fourth-order valence-electron chi connectivity index (χ4n) is 6.95. The van der Waals surface area contributed by atoms with Gasteiger partial charge in [-0.05, 0) is 45.1 Å². The minimum absolute atomic E-state index is 0.0292. The standard InChI is InChI=1S/C30H31N7O4S/c1-17(38)26-27(20-13-21-8-9-22(14-20)36(21)30(39)25-11-12-42(40,41)35-25)34-29-23(16-33-37(29)28(26)31)19-7-10-24(32-15-19)18-5-3-2-4-6-18/h2-7,10,15-16,20-22,25,35H,8-9,11-14,31H2,1H3. The first kappa shape index (κ1) is 26.7. The number of piperidine rings is 1. The Kier molecular flexibility index (Phi) is 6.35. The van der Waals surface area contributed by atoms with E-state index in [0.717, 1.165) is 35.2 Å². The Bertz CT molecular complexity index is 1810. The molecule has 6 heterocycles. The molecular weight excluding hydrogens is 554 g/mol. The maximum absolute atomic E-state index is 13.4. The Morgan fingerprint density at radius 2 is 1.71 bits per heavy atom. The van der Waals surface area contributed by atoms with Crippen LogP contribution in [-0.2, 0) is 14.8 Å². The largest absolute Gasteiger partial charge is 0.383 e. The SMILES string of the molecule is CC(=O)c1c(C2CC3CCC(C2)N3C(=O)C2CCS(=O)(=O)N2)nc2c(-c3ccc(-c4ccccc4)nc3)cnn2c1N. The molecule has 0 radical (unpaired) electrons. The summed E-state index contributed by atoms with van der Waals surface area (Å²) < 4.78 is 27.9. The molecule has 1 aromatic carbocycles. The number of Topliss-reactive ketones (excluding diaryl/α,β-unsaturated/α-hetero) is 1. The molecule has 3 N–H and O–H groups in total. The van der Waals surface area contributed by atoms with Gasteiger partial charge in [-0.15, -0.1) is 0 Å². The van der Waals surface area contributed by atoms with E-state index in [2.05, 4.69) is 14.8 Å². The van der Waals surface area contributed by atoms with Crippen molar-refractivity contribution in [2.24, 2.45) is 0 Å². The quantitative estimate of drug-likeness (QED) is 0.339. The van der Waals surface area contributed by atoms with E-state index in [4.69, 9.17) is 10.7 Å². The van der Waals surface area contributed by atoms with Crippen LogP contribution in [0.3, 0.4) is 0 Å². The van der Waals surface area contributed by atoms with Gasteiger partial charge in [0.05, 0.1) is 28.9 Å². The number of hydrogen-bond donors (Lipinski definition) is 2. The summed E-state index contributed by atoms with van der Waals surface area (Å²) in [6, 6.07) is 13.0. The highest BCUT2D eigenvalue weighted by Gasteiger charge is 2.47. The number of pyridine rings is 1. The monoisotopic (exact) mass is 585 g/mol. The Balaban J connectivity index is 1.22. The molecule has 4 aromatic rings. The van der Waals surface area contributed by atoms with Crippen molar-refractivity contribution >= 4 is 33.2 Å². The highest BCUT2D eigenvalue weighted by atomic mass is 32.2. The van der Waals surface area contributed by atoms with Gasteiger partial charge in [-0.25, -0.2) is 18.1 Å². The lowest BCUT2D eigenvalue weighted by Gasteiger charge is -2.40. The molecule has 3 saturated heterocycles. The molecule has 3 aromatic heterocycles. The number of benzene rings is 1. The van der Waals surface area contributed by atoms with Gasteiger partial charge in [0.1, 0.15) is 11.9 Å². The number of hydrogen-bond acceptors (Lipinski definition) is 8. The molecule has 1 amide bonds. The number of nitrogens with one attached hydrogen (secondary N) is 1. The van der Waals surface area contributed by atoms with Crippen molar-refractivity contribution in [3.8, 4) is 22.4 Å². The summed E-state index contributed by atoms with van der Waals surface area (Å²) in [7, 11) is -3.40. The lowest BCUT2D eigenvalue weighted by atomic mass is 9.85. The van der Waals surface area contributed by atoms with Crippen LogP contribution in [0.15, 0.2) is 54.9 Å². The number of amides is 1. The second-order valence-electron chi connectivity index (χ2n) is 11.5. The third kappa shape index (κ3) is 4.45. The zero-order valence-electron chi connectivity index (χ0n) is 23.1. The van der Waals surface area contributed by atoms with Gasteiger partial charge < -0.3 is 10.6 Å². The zero-order valence-corrected chi connectivity index (χ0v) is 23.9. The highest BCUT2D eigenvalue weighted by Crippen LogP contribution is 2.45. The minimum atomic E-state index is -3.40. The molecule has 3 aliphatic heterocycles. The number of carbonyl (C=O) groups excluding carboxylic acids is 2. The molecule has 3 atom stereocenters. The van der Waals surface area contributed by atoms with Crippen molar-refractivity contribution < 1.29 is 18.0 Å². The predicted octanol–water partition coefficient (Wildman–Crippen LogP) is 3.17. The normalized spacial score (nSPS) is 24.7. The van der Waals surface area contributed by atoms with E-state index < -0.39 is 16.1 Å². The summed E-state index contributed by atoms with van der Waals surface area (Å²) in [6.45, 7) is 1.48. The van der Waals surface area contributed by atoms with E-state index in [1.54, 1.807) is 12.4 Å². The van der Waals surface area contributed by atoms with Crippen LogP contribution in [-0.4, -0.2) is 68.5 Å². The minimum Gasteiger partial charge on any atom is -0.383 e. The second-order valence-corrected chi connectivity index (χ2v) is 13.4. The molecule has 216 valence electrons. The van der Waals surface area contributed by atoms with Crippen LogP contribution in [0.1, 0.15) is 61.0 Å². The van der Waals surface area contributed by atoms with Crippen LogP contribution in [0, 0.1) is 0 Å². The van der Waals surface area contributed by atoms with Crippen molar-refractivity contribution in [2.75, 3.05) is 11.5 Å². The molecule has 3 fully saturated rings. The van der Waals surface area contributed by atoms with Gasteiger partial charge in [-0.2, -0.15) is 9.61 Å². The first-order valence-electron chi connectivity index (χ1n) is 14.2. The highest BCUT2D eigenvalue weighted by molar-refractivity contribution is 7.89. The van der Waals surface area contributed by atoms with Crippen LogP contribution in [0.5, 0.6) is 0 Å². The Morgan fingerprint density at radius 1 is 0.976 bits per heavy atom. The third-order valence-corrected chi connectivity index (χ3v) is 10.3. The second kappa shape index (κ2) is 9.99. The number of rotatable bonds is 5. The summed E-state index contributed by atoms with van der Waals surface area (Å²) in [4.78, 5) is 37.9. The topological polar surface area (TPSA) is 153 Å². The van der Waals surface area contributed by atoms with Gasteiger partial charge >= 0.3 is 0 Å². The lowest BCUT2D eigenvalue weighted by molar-refractivity contribution is -0.137. The maximum Gasteiger partial charge on any atom is 0.241 e. The molecule has 0 spiro atoms. The van der Waals surface area contributed by atoms with Crippen LogP contribution in [0.2, 0.25) is 0 Å². The number of nitrogens with two attached hydrogens (primary N) is 1. The van der Waals surface area contributed by atoms with Crippen molar-refractivity contribution in [1.82, 2.24) is 29.2 Å². The number of nitrogens with zero attached hydrogens (tertiary/aromatic N) is 5. The van der Waals surface area contributed by atoms with E-state index in [9.17, 15) is 18.0 Å². The Hall–Kier alpha value is -4.16. The molecular formula is C30H31N7O4S. The van der Waals surface area contributed by atoms with Gasteiger partial charge in [0.15, 0.2) is 11.4 Å². The number of aromatic nitrogens is 4. The van der Waals surface area contributed by atoms with Crippen LogP contribution in [0.4, 0.5) is 5.82 Å². The summed E-state index contributed by atoms with van der Waals surface area (Å²) in [5, 5.41) is 4.48. The molecule has 2 bridgehead atoms. The van der Waals surface area contributed by atoms with Crippen LogP contribution < -0.4 is 10.5 Å². The van der Waals surface area contributed by atoms with Gasteiger partial charge in [-0.3, -0.25) is 14.6 Å². The van der Waals surface area contributed by atoms with E-state index >= 15 is 0 Å². The number of sulfonamides is 1. The van der Waals surface area contributed by atoms with Crippen molar-refractivity contribution in [3.63, 3.8) is 0 Å². The molecule has 3 aliphatic rings. The van der Waals surface area contributed by atoms with Gasteiger partial charge in [0.2, 0.25) is 15.9 Å². The summed E-state index contributed by atoms with van der Waals surface area (Å²) in [5.74, 6) is -0.207. The summed E-state index contributed by atoms with van der Waals surface area (Å²) in [6.07, 6.45) is 6.68. The lowest BCUT2D eigenvalue weighted by Crippen LogP contribution is -2.52. The number of anilines is 1. The zero-order chi connectivity index (χ0) is 29.2. The first-order chi connectivity index (χ1) is 20.2. The van der Waals surface area contributed by atoms with Gasteiger partial charge in [-0.1, -0.05) is 36.4 Å². The molecule has 0 saturated carbocycles. The van der Waals surface area contributed by atoms with Crippen molar-refractivity contribution in [1.29, 1.82) is 0 Å². The number of ketones is 1. The average Bonchev–Trinajstić information content (AvgIpc) is 3.65. The fraction of sp³-hybridized carbons (Fsp3) is 0.367. The average molecular weight is 586 g/mol. The molecule has 12 heteroatoms. The van der Waals surface area contributed by atoms with E-state index in [1.165, 1.54) is 11.4 Å². The molecule has 42 heavy (non-hydrogen) atoms. The van der Waals surface area contributed by atoms with Crippen molar-refractivity contribution in [3.05, 3.63) is 66.1 Å². The third-order valence-electron chi connectivity index (χ3n) is 8.88. The van der Waals surface area contributed by atoms with E-state index in [1.807, 2.05) is 47.4 Å². The van der Waals surface area contributed by atoms with E-state index in [-0.39, 0.29) is 47.7 Å². The smallest absolute Gasteiger partial charge is 0.241 e. The van der Waals surface area contributed by atoms with E-state index in [0.29, 0.717) is 29.7 Å². The van der Waals surface area contributed by atoms with Crippen LogP contribution in [0.25, 0.3) is 28.0 Å². The molecule has 11 nitrogen and oxygen atoms in total. The summed E-state index contributed by atoms with van der Waals surface area (Å²) >= 11 is 0.